The van der Waals surface area contributed by atoms with Crippen LogP contribution in [0.25, 0.3) is 11.0 Å². The summed E-state index contributed by atoms with van der Waals surface area (Å²) in [5, 5.41) is 13.7. The molecule has 0 radical (unpaired) electrons. The summed E-state index contributed by atoms with van der Waals surface area (Å²) in [4.78, 5) is 14.9. The van der Waals surface area contributed by atoms with Crippen molar-refractivity contribution in [1.29, 1.82) is 0 Å². The number of hydrogen-bond acceptors (Lipinski definition) is 5. The van der Waals surface area contributed by atoms with Crippen LogP contribution in [0.3, 0.4) is 0 Å². The van der Waals surface area contributed by atoms with Crippen LogP contribution in [0.4, 0.5) is 0 Å². The molecule has 146 valence electrons. The first-order chi connectivity index (χ1) is 13.7. The van der Waals surface area contributed by atoms with Crippen LogP contribution in [-0.2, 0) is 6.54 Å². The Balaban J connectivity index is 1.23. The van der Waals surface area contributed by atoms with Crippen molar-refractivity contribution in [2.75, 3.05) is 26.7 Å². The first-order valence-corrected chi connectivity index (χ1v) is 9.65. The van der Waals surface area contributed by atoms with E-state index in [-0.39, 0.29) is 5.91 Å². The van der Waals surface area contributed by atoms with E-state index in [0.29, 0.717) is 23.5 Å². The molecule has 1 aromatic heterocycles. The van der Waals surface area contributed by atoms with Crippen LogP contribution >= 0.6 is 0 Å². The van der Waals surface area contributed by atoms with E-state index in [9.17, 15) is 4.79 Å². The highest BCUT2D eigenvalue weighted by atomic mass is 16.5. The summed E-state index contributed by atoms with van der Waals surface area (Å²) in [5.41, 5.74) is 3.40. The molecule has 1 saturated heterocycles. The summed E-state index contributed by atoms with van der Waals surface area (Å²) < 4.78 is 5.21. The molecule has 2 aromatic carbocycles. The number of amides is 1. The quantitative estimate of drug-likeness (QED) is 0.688. The second-order valence-corrected chi connectivity index (χ2v) is 7.30. The fourth-order valence-corrected chi connectivity index (χ4v) is 3.66. The van der Waals surface area contributed by atoms with Crippen molar-refractivity contribution in [3.63, 3.8) is 0 Å². The van der Waals surface area contributed by atoms with E-state index in [1.54, 1.807) is 19.2 Å². The van der Waals surface area contributed by atoms with Gasteiger partial charge < -0.3 is 10.1 Å². The molecule has 7 nitrogen and oxygen atoms in total. The van der Waals surface area contributed by atoms with E-state index < -0.39 is 0 Å². The second-order valence-electron chi connectivity index (χ2n) is 7.30. The van der Waals surface area contributed by atoms with Crippen LogP contribution in [0.1, 0.15) is 28.8 Å². The number of hydrogen-bond donors (Lipinski definition) is 2. The van der Waals surface area contributed by atoms with Gasteiger partial charge in [0.1, 0.15) is 16.8 Å². The Morgan fingerprint density at radius 1 is 1.14 bits per heavy atom. The largest absolute Gasteiger partial charge is 0.497 e. The minimum Gasteiger partial charge on any atom is -0.497 e. The van der Waals surface area contributed by atoms with Crippen LogP contribution in [0.5, 0.6) is 5.75 Å². The van der Waals surface area contributed by atoms with E-state index in [4.69, 9.17) is 4.74 Å². The number of aromatic amines is 1. The predicted molar refractivity (Wildman–Crippen MR) is 107 cm³/mol. The average Bonchev–Trinajstić information content (AvgIpc) is 3.21. The van der Waals surface area contributed by atoms with Crippen molar-refractivity contribution >= 4 is 16.9 Å². The molecule has 1 aliphatic rings. The van der Waals surface area contributed by atoms with Crippen LogP contribution in [-0.4, -0.2) is 53.0 Å². The van der Waals surface area contributed by atoms with E-state index >= 15 is 0 Å². The number of rotatable bonds is 6. The smallest absolute Gasteiger partial charge is 0.251 e. The van der Waals surface area contributed by atoms with Crippen molar-refractivity contribution in [3.8, 4) is 5.75 Å². The number of piperidine rings is 1. The number of carbonyl (C=O) groups is 1. The summed E-state index contributed by atoms with van der Waals surface area (Å²) >= 11 is 0. The maximum atomic E-state index is 12.4. The Morgan fingerprint density at radius 3 is 2.64 bits per heavy atom. The molecule has 7 heteroatoms. The number of carbonyl (C=O) groups excluding carboxylic acids is 1. The lowest BCUT2D eigenvalue weighted by atomic mass is 9.96. The molecular weight excluding hydrogens is 354 g/mol. The molecule has 1 aliphatic heterocycles. The zero-order valence-electron chi connectivity index (χ0n) is 16.0. The molecule has 28 heavy (non-hydrogen) atoms. The zero-order valence-corrected chi connectivity index (χ0v) is 16.0. The Kier molecular flexibility index (Phi) is 5.53. The third kappa shape index (κ3) is 4.31. The molecule has 1 fully saturated rings. The molecular formula is C21H25N5O2. The van der Waals surface area contributed by atoms with Gasteiger partial charge in [0.15, 0.2) is 0 Å². The van der Waals surface area contributed by atoms with E-state index in [1.807, 2.05) is 18.2 Å². The SMILES string of the molecule is COc1ccc(CN2CCC(CNC(=O)c3ccc4n[nH]nc4c3)CC2)cc1. The van der Waals surface area contributed by atoms with Crippen LogP contribution in [0.2, 0.25) is 0 Å². The van der Waals surface area contributed by atoms with E-state index in [2.05, 4.69) is 37.8 Å². The number of fused-ring (bicyclic) bond motifs is 1. The van der Waals surface area contributed by atoms with Gasteiger partial charge in [0.25, 0.3) is 5.91 Å². The summed E-state index contributed by atoms with van der Waals surface area (Å²) in [6.07, 6.45) is 2.19. The van der Waals surface area contributed by atoms with E-state index in [1.165, 1.54) is 5.56 Å². The second kappa shape index (κ2) is 8.39. The van der Waals surface area contributed by atoms with Crippen molar-refractivity contribution in [2.45, 2.75) is 19.4 Å². The lowest BCUT2D eigenvalue weighted by Crippen LogP contribution is -2.38. The van der Waals surface area contributed by atoms with Gasteiger partial charge in [-0.2, -0.15) is 15.4 Å². The summed E-state index contributed by atoms with van der Waals surface area (Å²) in [6.45, 7) is 3.78. The number of aromatic nitrogens is 3. The maximum absolute atomic E-state index is 12.4. The normalized spacial score (nSPS) is 15.6. The number of H-pyrrole nitrogens is 1. The lowest BCUT2D eigenvalue weighted by Gasteiger charge is -2.32. The number of methoxy groups -OCH3 is 1. The first-order valence-electron chi connectivity index (χ1n) is 9.65. The molecule has 0 saturated carbocycles. The number of nitrogens with zero attached hydrogens (tertiary/aromatic N) is 3. The highest BCUT2D eigenvalue weighted by molar-refractivity contribution is 5.97. The molecule has 0 aliphatic carbocycles. The summed E-state index contributed by atoms with van der Waals surface area (Å²) in [7, 11) is 1.69. The van der Waals surface area contributed by atoms with Gasteiger partial charge in [-0.15, -0.1) is 0 Å². The van der Waals surface area contributed by atoms with Gasteiger partial charge >= 0.3 is 0 Å². The van der Waals surface area contributed by atoms with Crippen molar-refractivity contribution in [2.24, 2.45) is 5.92 Å². The average molecular weight is 379 g/mol. The molecule has 0 atom stereocenters. The highest BCUT2D eigenvalue weighted by Gasteiger charge is 2.20. The fraction of sp³-hybridized carbons (Fsp3) is 0.381. The molecule has 2 heterocycles. The van der Waals surface area contributed by atoms with Gasteiger partial charge in [-0.05, 0) is 67.7 Å². The van der Waals surface area contributed by atoms with Crippen LogP contribution < -0.4 is 10.1 Å². The van der Waals surface area contributed by atoms with Gasteiger partial charge in [0, 0.05) is 18.7 Å². The van der Waals surface area contributed by atoms with Gasteiger partial charge in [0.2, 0.25) is 0 Å². The predicted octanol–water partition coefficient (Wildman–Crippen LogP) is 2.61. The monoisotopic (exact) mass is 379 g/mol. The Morgan fingerprint density at radius 2 is 1.89 bits per heavy atom. The van der Waals surface area contributed by atoms with Gasteiger partial charge in [-0.25, -0.2) is 0 Å². The van der Waals surface area contributed by atoms with Gasteiger partial charge in [-0.1, -0.05) is 12.1 Å². The number of benzene rings is 2. The molecule has 0 unspecified atom stereocenters. The number of likely N-dealkylation sites (tertiary alicyclic amines) is 1. The molecule has 4 rings (SSSR count). The van der Waals surface area contributed by atoms with Crippen molar-refractivity contribution in [1.82, 2.24) is 25.6 Å². The van der Waals surface area contributed by atoms with Crippen LogP contribution in [0, 0.1) is 5.92 Å². The minimum absolute atomic E-state index is 0.0504. The molecule has 0 spiro atoms. The number of ether oxygens (including phenoxy) is 1. The Hall–Kier alpha value is -2.93. The molecule has 2 N–H and O–H groups in total. The van der Waals surface area contributed by atoms with Crippen molar-refractivity contribution < 1.29 is 9.53 Å². The van der Waals surface area contributed by atoms with Crippen molar-refractivity contribution in [3.05, 3.63) is 53.6 Å². The Labute approximate surface area is 164 Å². The fourth-order valence-electron chi connectivity index (χ4n) is 3.66. The molecule has 0 bridgehead atoms. The minimum atomic E-state index is -0.0504. The Bertz CT molecular complexity index is 929. The van der Waals surface area contributed by atoms with Crippen LogP contribution in [0.15, 0.2) is 42.5 Å². The van der Waals surface area contributed by atoms with Gasteiger partial charge in [0.05, 0.1) is 7.11 Å². The lowest BCUT2D eigenvalue weighted by molar-refractivity contribution is 0.0935. The van der Waals surface area contributed by atoms with Gasteiger partial charge in [-0.3, -0.25) is 9.69 Å². The zero-order chi connectivity index (χ0) is 19.3. The third-order valence-electron chi connectivity index (χ3n) is 5.40. The maximum Gasteiger partial charge on any atom is 0.251 e. The number of nitrogens with one attached hydrogen (secondary N) is 2. The summed E-state index contributed by atoms with van der Waals surface area (Å²) in [6, 6.07) is 13.6. The molecule has 1 amide bonds. The molecule has 3 aromatic rings. The third-order valence-corrected chi connectivity index (χ3v) is 5.40. The first kappa shape index (κ1) is 18.4. The summed E-state index contributed by atoms with van der Waals surface area (Å²) in [5.74, 6) is 1.36. The standard InChI is InChI=1S/C21H25N5O2/c1-28-18-5-2-16(3-6-18)14-26-10-8-15(9-11-26)13-22-21(27)17-4-7-19-20(12-17)24-25-23-19/h2-7,12,15H,8-11,13-14H2,1H3,(H,22,27)(H,23,24,25). The topological polar surface area (TPSA) is 83.1 Å². The highest BCUT2D eigenvalue weighted by Crippen LogP contribution is 2.20. The van der Waals surface area contributed by atoms with E-state index in [0.717, 1.165) is 43.7 Å².